The quantitative estimate of drug-likeness (QED) is 0.190. The summed E-state index contributed by atoms with van der Waals surface area (Å²) in [6, 6.07) is 24.8. The first-order valence-corrected chi connectivity index (χ1v) is 15.9. The Morgan fingerprint density at radius 2 is 1.77 bits per heavy atom. The Balaban J connectivity index is 1.26. The number of aromatic nitrogens is 3. The molecule has 0 bridgehead atoms. The number of hydrogen-bond acceptors (Lipinski definition) is 7. The first-order valence-electron chi connectivity index (χ1n) is 14.0. The van der Waals surface area contributed by atoms with Gasteiger partial charge in [0.15, 0.2) is 11.0 Å². The molecule has 222 valence electrons. The summed E-state index contributed by atoms with van der Waals surface area (Å²) >= 11 is 2.83. The number of rotatable bonds is 9. The van der Waals surface area contributed by atoms with Crippen molar-refractivity contribution in [2.45, 2.75) is 38.0 Å². The summed E-state index contributed by atoms with van der Waals surface area (Å²) in [5.41, 5.74) is 5.19. The minimum atomic E-state index is -0.346. The highest BCUT2D eigenvalue weighted by Crippen LogP contribution is 2.35. The summed E-state index contributed by atoms with van der Waals surface area (Å²) in [5, 5.41) is 20.5. The number of thiophene rings is 1. The Labute approximate surface area is 262 Å². The molecule has 0 saturated carbocycles. The first kappa shape index (κ1) is 29.5. The van der Waals surface area contributed by atoms with Crippen molar-refractivity contribution in [3.8, 4) is 5.69 Å². The summed E-state index contributed by atoms with van der Waals surface area (Å²) in [5.74, 6) is -0.156. The Morgan fingerprint density at radius 1 is 0.977 bits per heavy atom. The summed E-state index contributed by atoms with van der Waals surface area (Å²) < 4.78 is 15.6. The van der Waals surface area contributed by atoms with Gasteiger partial charge in [-0.3, -0.25) is 14.2 Å². The third-order valence-corrected chi connectivity index (χ3v) is 9.34. The number of nitrogens with zero attached hydrogens (tertiary/aromatic N) is 5. The molecule has 2 aromatic heterocycles. The van der Waals surface area contributed by atoms with Gasteiger partial charge in [0.2, 0.25) is 0 Å². The van der Waals surface area contributed by atoms with E-state index in [1.165, 1.54) is 28.9 Å². The molecule has 6 rings (SSSR count). The van der Waals surface area contributed by atoms with Crippen LogP contribution in [0.5, 0.6) is 0 Å². The van der Waals surface area contributed by atoms with Gasteiger partial charge in [-0.25, -0.2) is 9.40 Å². The Hall–Kier alpha value is -4.61. The summed E-state index contributed by atoms with van der Waals surface area (Å²) in [7, 11) is 0. The molecule has 0 saturated heterocycles. The van der Waals surface area contributed by atoms with E-state index in [0.717, 1.165) is 33.0 Å². The van der Waals surface area contributed by atoms with Crippen LogP contribution in [0.25, 0.3) is 5.69 Å². The van der Waals surface area contributed by atoms with Crippen molar-refractivity contribution in [1.82, 2.24) is 25.1 Å². The molecule has 0 fully saturated rings. The van der Waals surface area contributed by atoms with Crippen LogP contribution in [0.2, 0.25) is 0 Å². The highest BCUT2D eigenvalue weighted by molar-refractivity contribution is 7.99. The van der Waals surface area contributed by atoms with Gasteiger partial charge in [0.1, 0.15) is 5.82 Å². The average Bonchev–Trinajstić information content (AvgIpc) is 3.81. The van der Waals surface area contributed by atoms with Crippen LogP contribution in [0.15, 0.2) is 101 Å². The molecular formula is C33H29FN6O2S2. The van der Waals surface area contributed by atoms with E-state index >= 15 is 0 Å². The summed E-state index contributed by atoms with van der Waals surface area (Å²) in [6.07, 6.45) is 0.534. The number of hydrazone groups is 1. The zero-order chi connectivity index (χ0) is 30.6. The molecule has 1 N–H and O–H groups in total. The lowest BCUT2D eigenvalue weighted by Gasteiger charge is -2.22. The molecule has 2 amide bonds. The largest absolute Gasteiger partial charge is 0.345 e. The fraction of sp³-hybridized carbons (Fsp3) is 0.182. The van der Waals surface area contributed by atoms with Crippen LogP contribution in [-0.4, -0.2) is 43.1 Å². The molecule has 1 aliphatic heterocycles. The predicted molar refractivity (Wildman–Crippen MR) is 171 cm³/mol. The molecule has 0 unspecified atom stereocenters. The molecule has 5 aromatic rings. The minimum absolute atomic E-state index is 0.0539. The lowest BCUT2D eigenvalue weighted by molar-refractivity contribution is -0.130. The number of carbonyl (C=O) groups excluding carboxylic acids is 2. The maximum absolute atomic E-state index is 13.7. The van der Waals surface area contributed by atoms with E-state index < -0.39 is 0 Å². The van der Waals surface area contributed by atoms with Crippen molar-refractivity contribution < 1.29 is 14.0 Å². The van der Waals surface area contributed by atoms with Gasteiger partial charge in [0, 0.05) is 12.0 Å². The van der Waals surface area contributed by atoms with E-state index in [2.05, 4.69) is 15.5 Å². The maximum Gasteiger partial charge on any atom is 0.253 e. The molecule has 8 nitrogen and oxygen atoms in total. The maximum atomic E-state index is 13.7. The standard InChI is InChI=1S/C33H29FN6O2S2/c1-21-8-6-11-27(22(21)2)39-30(19-35-32(42)24-9-4-3-5-10-24)36-37-33(39)44-20-31(41)40-28(23-13-15-25(34)16-14-23)18-26(38-40)29-12-7-17-43-29/h3-17,28H,18-20H2,1-2H3,(H,35,42)/t28-/m1/s1. The van der Waals surface area contributed by atoms with E-state index in [1.807, 2.05) is 72.3 Å². The summed E-state index contributed by atoms with van der Waals surface area (Å²) in [6.45, 7) is 4.20. The van der Waals surface area contributed by atoms with Gasteiger partial charge in [-0.15, -0.1) is 21.5 Å². The molecular weight excluding hydrogens is 596 g/mol. The van der Waals surface area contributed by atoms with E-state index in [4.69, 9.17) is 5.10 Å². The van der Waals surface area contributed by atoms with Gasteiger partial charge in [0.25, 0.3) is 11.8 Å². The zero-order valence-electron chi connectivity index (χ0n) is 24.1. The van der Waals surface area contributed by atoms with E-state index in [-0.39, 0.29) is 36.0 Å². The second-order valence-corrected chi connectivity index (χ2v) is 12.2. The van der Waals surface area contributed by atoms with Gasteiger partial charge < -0.3 is 5.32 Å². The van der Waals surface area contributed by atoms with Crippen molar-refractivity contribution in [2.75, 3.05) is 5.75 Å². The number of hydrogen-bond donors (Lipinski definition) is 1. The van der Waals surface area contributed by atoms with E-state index in [1.54, 1.807) is 35.6 Å². The topological polar surface area (TPSA) is 92.5 Å². The molecule has 3 aromatic carbocycles. The van der Waals surface area contributed by atoms with Gasteiger partial charge in [0.05, 0.1) is 34.6 Å². The van der Waals surface area contributed by atoms with Gasteiger partial charge >= 0.3 is 0 Å². The van der Waals surface area contributed by atoms with Crippen LogP contribution in [0.1, 0.15) is 50.2 Å². The number of halogens is 1. The van der Waals surface area contributed by atoms with Crippen molar-refractivity contribution in [1.29, 1.82) is 0 Å². The Bertz CT molecular complexity index is 1820. The molecule has 1 atom stereocenters. The van der Waals surface area contributed by atoms with Crippen LogP contribution in [0.3, 0.4) is 0 Å². The average molecular weight is 625 g/mol. The molecule has 1 aliphatic rings. The third-order valence-electron chi connectivity index (χ3n) is 7.51. The molecule has 11 heteroatoms. The van der Waals surface area contributed by atoms with E-state index in [9.17, 15) is 14.0 Å². The minimum Gasteiger partial charge on any atom is -0.345 e. The van der Waals surface area contributed by atoms with Crippen LogP contribution in [-0.2, 0) is 11.3 Å². The summed E-state index contributed by atoms with van der Waals surface area (Å²) in [4.78, 5) is 27.5. The highest BCUT2D eigenvalue weighted by atomic mass is 32.2. The van der Waals surface area contributed by atoms with Gasteiger partial charge in [-0.05, 0) is 72.3 Å². The van der Waals surface area contributed by atoms with Crippen molar-refractivity contribution in [3.63, 3.8) is 0 Å². The van der Waals surface area contributed by atoms with Crippen molar-refractivity contribution in [2.24, 2.45) is 5.10 Å². The van der Waals surface area contributed by atoms with Crippen molar-refractivity contribution >= 4 is 40.6 Å². The SMILES string of the molecule is Cc1cccc(-n2c(CNC(=O)c3ccccc3)nnc2SCC(=O)N2N=C(c3cccs3)C[C@@H]2c2ccc(F)cc2)c1C. The number of amides is 2. The zero-order valence-corrected chi connectivity index (χ0v) is 25.7. The second kappa shape index (κ2) is 12.9. The fourth-order valence-corrected chi connectivity index (χ4v) is 6.59. The molecule has 3 heterocycles. The Morgan fingerprint density at radius 3 is 2.52 bits per heavy atom. The fourth-order valence-electron chi connectivity index (χ4n) is 5.05. The number of carbonyl (C=O) groups is 2. The Kier molecular flexibility index (Phi) is 8.67. The highest BCUT2D eigenvalue weighted by Gasteiger charge is 2.34. The predicted octanol–water partition coefficient (Wildman–Crippen LogP) is 6.48. The molecule has 0 radical (unpaired) electrons. The van der Waals surface area contributed by atoms with E-state index in [0.29, 0.717) is 23.0 Å². The smallest absolute Gasteiger partial charge is 0.253 e. The van der Waals surface area contributed by atoms with Crippen molar-refractivity contribution in [3.05, 3.63) is 129 Å². The van der Waals surface area contributed by atoms with Gasteiger partial charge in [-0.2, -0.15) is 5.10 Å². The third kappa shape index (κ3) is 6.20. The normalized spacial score (nSPS) is 14.5. The van der Waals surface area contributed by atoms with Crippen LogP contribution >= 0.6 is 23.1 Å². The lowest BCUT2D eigenvalue weighted by Crippen LogP contribution is -2.28. The van der Waals surface area contributed by atoms with Crippen LogP contribution in [0, 0.1) is 19.7 Å². The number of benzene rings is 3. The van der Waals surface area contributed by atoms with Crippen LogP contribution < -0.4 is 5.32 Å². The molecule has 44 heavy (non-hydrogen) atoms. The first-order chi connectivity index (χ1) is 21.4. The number of nitrogens with one attached hydrogen (secondary N) is 1. The molecule has 0 spiro atoms. The van der Waals surface area contributed by atoms with Gasteiger partial charge in [-0.1, -0.05) is 60.3 Å². The number of aryl methyl sites for hydroxylation is 1. The lowest BCUT2D eigenvalue weighted by atomic mass is 10.0. The molecule has 0 aliphatic carbocycles. The van der Waals surface area contributed by atoms with Crippen LogP contribution in [0.4, 0.5) is 4.39 Å². The monoisotopic (exact) mass is 624 g/mol. The second-order valence-electron chi connectivity index (χ2n) is 10.3. The number of thioether (sulfide) groups is 1.